The van der Waals surface area contributed by atoms with Gasteiger partial charge in [0.2, 0.25) is 0 Å². The van der Waals surface area contributed by atoms with Crippen LogP contribution in [0.2, 0.25) is 0 Å². The molecule has 2 aliphatic rings. The third-order valence-corrected chi connectivity index (χ3v) is 14.3. The van der Waals surface area contributed by atoms with Gasteiger partial charge in [-0.15, -0.1) is 0 Å². The third-order valence-electron chi connectivity index (χ3n) is 14.3. The fourth-order valence-electron chi connectivity index (χ4n) is 11.4. The second-order valence-electron chi connectivity index (χ2n) is 19.4. The fraction of sp³-hybridized carbons (Fsp3) is 0.213. The van der Waals surface area contributed by atoms with Crippen LogP contribution in [0.15, 0.2) is 206 Å². The number of hydrogen-bond acceptors (Lipinski definition) is 2. The molecule has 2 unspecified atom stereocenters. The summed E-state index contributed by atoms with van der Waals surface area (Å²) in [5.41, 5.74) is 17.5. The van der Waals surface area contributed by atoms with Crippen molar-refractivity contribution in [3.8, 4) is 22.3 Å². The Bertz CT molecular complexity index is 2800. The quantitative estimate of drug-likeness (QED) is 0.143. The molecule has 312 valence electrons. The van der Waals surface area contributed by atoms with Gasteiger partial charge in [-0.2, -0.15) is 0 Å². The minimum atomic E-state index is -0.145. The number of rotatable bonds is 9. The Hall–Kier alpha value is -6.64. The predicted octanol–water partition coefficient (Wildman–Crippen LogP) is 17.1. The molecular formula is C61H58N2. The molecule has 0 N–H and O–H groups in total. The molecule has 0 saturated heterocycles. The lowest BCUT2D eigenvalue weighted by atomic mass is 9.52. The number of anilines is 6. The molecular weight excluding hydrogens is 761 g/mol. The Labute approximate surface area is 375 Å². The van der Waals surface area contributed by atoms with E-state index in [0.717, 1.165) is 29.2 Å². The number of benzene rings is 8. The second-order valence-corrected chi connectivity index (χ2v) is 19.4. The molecule has 2 aliphatic carbocycles. The monoisotopic (exact) mass is 818 g/mol. The first kappa shape index (κ1) is 40.4. The van der Waals surface area contributed by atoms with E-state index < -0.39 is 0 Å². The second kappa shape index (κ2) is 16.2. The van der Waals surface area contributed by atoms with Crippen molar-refractivity contribution in [2.24, 2.45) is 11.3 Å². The van der Waals surface area contributed by atoms with E-state index in [4.69, 9.17) is 0 Å². The molecule has 1 saturated carbocycles. The molecule has 0 bridgehead atoms. The maximum atomic E-state index is 2.50. The highest BCUT2D eigenvalue weighted by Crippen LogP contribution is 2.56. The standard InChI is InChI=1S/C61H58N2/c1-59(2,3)58-31-19-20-42-61(58,45-32-36-49(37-33-45)62(47-23-11-7-12-24-47)48-25-13-8-14-26-48)46-34-38-50(39-35-46)63(57-30-18-16-27-52(57)44-21-9-6-10-22-44)51-40-41-54-53-28-15-17-29-55(53)60(4,5)56(54)43-51/h6-18,21-30,32-41,43,58H,19-20,31,42H2,1-5H3. The highest BCUT2D eigenvalue weighted by Gasteiger charge is 2.48. The van der Waals surface area contributed by atoms with Gasteiger partial charge in [0.05, 0.1) is 5.69 Å². The van der Waals surface area contributed by atoms with Crippen molar-refractivity contribution < 1.29 is 0 Å². The first-order valence-electron chi connectivity index (χ1n) is 22.9. The minimum absolute atomic E-state index is 0.104. The average molecular weight is 819 g/mol. The maximum absolute atomic E-state index is 2.50. The third kappa shape index (κ3) is 7.16. The summed E-state index contributed by atoms with van der Waals surface area (Å²) in [6.45, 7) is 12.1. The molecule has 2 heteroatoms. The molecule has 0 aromatic heterocycles. The molecule has 8 aromatic rings. The summed E-state index contributed by atoms with van der Waals surface area (Å²) < 4.78 is 0. The normalized spacial score (nSPS) is 17.7. The Balaban J connectivity index is 1.11. The van der Waals surface area contributed by atoms with Gasteiger partial charge in [0.25, 0.3) is 0 Å². The highest BCUT2D eigenvalue weighted by molar-refractivity contribution is 5.90. The Kier molecular flexibility index (Phi) is 10.4. The van der Waals surface area contributed by atoms with E-state index in [1.165, 1.54) is 75.1 Å². The van der Waals surface area contributed by atoms with Crippen molar-refractivity contribution in [1.29, 1.82) is 0 Å². The number of hydrogen-bond donors (Lipinski definition) is 0. The van der Waals surface area contributed by atoms with Crippen LogP contribution < -0.4 is 9.80 Å². The van der Waals surface area contributed by atoms with Crippen LogP contribution >= 0.6 is 0 Å². The molecule has 0 spiro atoms. The lowest BCUT2D eigenvalue weighted by molar-refractivity contribution is 0.100. The van der Waals surface area contributed by atoms with Gasteiger partial charge >= 0.3 is 0 Å². The van der Waals surface area contributed by atoms with Gasteiger partial charge in [0, 0.05) is 44.8 Å². The van der Waals surface area contributed by atoms with Crippen molar-refractivity contribution in [3.05, 3.63) is 229 Å². The number of para-hydroxylation sites is 3. The van der Waals surface area contributed by atoms with Crippen LogP contribution in [0.4, 0.5) is 34.1 Å². The summed E-state index contributed by atoms with van der Waals surface area (Å²) in [6, 6.07) is 76.7. The van der Waals surface area contributed by atoms with Gasteiger partial charge in [0.15, 0.2) is 0 Å². The van der Waals surface area contributed by atoms with Crippen LogP contribution in [0.5, 0.6) is 0 Å². The van der Waals surface area contributed by atoms with E-state index in [1.807, 2.05) is 0 Å². The first-order chi connectivity index (χ1) is 30.6. The Morgan fingerprint density at radius 2 is 0.905 bits per heavy atom. The van der Waals surface area contributed by atoms with Gasteiger partial charge in [-0.3, -0.25) is 0 Å². The number of fused-ring (bicyclic) bond motifs is 3. The fourth-order valence-corrected chi connectivity index (χ4v) is 11.4. The molecule has 63 heavy (non-hydrogen) atoms. The Morgan fingerprint density at radius 1 is 0.429 bits per heavy atom. The first-order valence-corrected chi connectivity index (χ1v) is 22.9. The SMILES string of the molecule is CC1(C)c2ccccc2-c2ccc(N(c3ccc(C4(c5ccc(N(c6ccccc6)c6ccccc6)cc5)CCCCC4C(C)(C)C)cc3)c3ccccc3-c3ccccc3)cc21. The summed E-state index contributed by atoms with van der Waals surface area (Å²) in [4.78, 5) is 4.87. The van der Waals surface area contributed by atoms with Crippen LogP contribution in [0.3, 0.4) is 0 Å². The zero-order chi connectivity index (χ0) is 43.2. The molecule has 0 radical (unpaired) electrons. The summed E-state index contributed by atoms with van der Waals surface area (Å²) in [5.74, 6) is 0.463. The average Bonchev–Trinajstić information content (AvgIpc) is 3.55. The van der Waals surface area contributed by atoms with Crippen LogP contribution in [-0.4, -0.2) is 0 Å². The maximum Gasteiger partial charge on any atom is 0.0540 e. The summed E-state index contributed by atoms with van der Waals surface area (Å²) >= 11 is 0. The van der Waals surface area contributed by atoms with Gasteiger partial charge in [-0.25, -0.2) is 0 Å². The van der Waals surface area contributed by atoms with E-state index >= 15 is 0 Å². The van der Waals surface area contributed by atoms with Crippen molar-refractivity contribution in [1.82, 2.24) is 0 Å². The van der Waals surface area contributed by atoms with E-state index in [9.17, 15) is 0 Å². The smallest absolute Gasteiger partial charge is 0.0540 e. The van der Waals surface area contributed by atoms with Crippen LogP contribution in [-0.2, 0) is 10.8 Å². The lowest BCUT2D eigenvalue weighted by Crippen LogP contribution is -2.45. The number of nitrogens with zero attached hydrogens (tertiary/aromatic N) is 2. The minimum Gasteiger partial charge on any atom is -0.311 e. The molecule has 0 heterocycles. The molecule has 0 amide bonds. The van der Waals surface area contributed by atoms with Crippen molar-refractivity contribution in [2.45, 2.75) is 71.1 Å². The molecule has 0 aliphatic heterocycles. The zero-order valence-electron chi connectivity index (χ0n) is 37.4. The molecule has 10 rings (SSSR count). The van der Waals surface area contributed by atoms with Crippen LogP contribution in [0.25, 0.3) is 22.3 Å². The molecule has 2 atom stereocenters. The molecule has 2 nitrogen and oxygen atoms in total. The van der Waals surface area contributed by atoms with E-state index in [2.05, 4.69) is 251 Å². The largest absolute Gasteiger partial charge is 0.311 e. The van der Waals surface area contributed by atoms with Crippen molar-refractivity contribution in [3.63, 3.8) is 0 Å². The zero-order valence-corrected chi connectivity index (χ0v) is 37.4. The van der Waals surface area contributed by atoms with E-state index in [0.29, 0.717) is 5.92 Å². The van der Waals surface area contributed by atoms with E-state index in [1.54, 1.807) is 0 Å². The Morgan fingerprint density at radius 3 is 1.51 bits per heavy atom. The molecule has 1 fully saturated rings. The van der Waals surface area contributed by atoms with Gasteiger partial charge in [-0.05, 0) is 130 Å². The van der Waals surface area contributed by atoms with Crippen molar-refractivity contribution in [2.75, 3.05) is 9.80 Å². The van der Waals surface area contributed by atoms with Gasteiger partial charge in [-0.1, -0.05) is 187 Å². The topological polar surface area (TPSA) is 6.48 Å². The van der Waals surface area contributed by atoms with Gasteiger partial charge in [0.1, 0.15) is 0 Å². The summed E-state index contributed by atoms with van der Waals surface area (Å²) in [5, 5.41) is 0. The highest BCUT2D eigenvalue weighted by atomic mass is 15.1. The van der Waals surface area contributed by atoms with Crippen molar-refractivity contribution >= 4 is 34.1 Å². The lowest BCUT2D eigenvalue weighted by Gasteiger charge is -2.51. The summed E-state index contributed by atoms with van der Waals surface area (Å²) in [7, 11) is 0. The van der Waals surface area contributed by atoms with Gasteiger partial charge < -0.3 is 9.80 Å². The van der Waals surface area contributed by atoms with Crippen LogP contribution in [0, 0.1) is 11.3 Å². The van der Waals surface area contributed by atoms with Crippen LogP contribution in [0.1, 0.15) is 82.6 Å². The van der Waals surface area contributed by atoms with E-state index in [-0.39, 0.29) is 16.2 Å². The molecule has 8 aromatic carbocycles. The predicted molar refractivity (Wildman–Crippen MR) is 267 cm³/mol. The summed E-state index contributed by atoms with van der Waals surface area (Å²) in [6.07, 6.45) is 4.80.